The van der Waals surface area contributed by atoms with Crippen LogP contribution < -0.4 is 16.4 Å². The van der Waals surface area contributed by atoms with Gasteiger partial charge in [-0.05, 0) is 49.0 Å². The number of pyridine rings is 1. The second-order valence-corrected chi connectivity index (χ2v) is 7.85. The highest BCUT2D eigenvalue weighted by atomic mass is 14.7. The van der Waals surface area contributed by atoms with Crippen LogP contribution in [0.3, 0.4) is 0 Å². The number of hydrogen-bond donors (Lipinski definition) is 0. The van der Waals surface area contributed by atoms with Gasteiger partial charge in [0, 0.05) is 6.20 Å². The summed E-state index contributed by atoms with van der Waals surface area (Å²) in [6, 6.07) is 26.4. The van der Waals surface area contributed by atoms with E-state index in [1.165, 1.54) is 49.8 Å². The maximum Gasteiger partial charge on any atom is 0.245 e. The third kappa shape index (κ3) is 2.60. The van der Waals surface area contributed by atoms with Gasteiger partial charge in [0.25, 0.3) is 0 Å². The maximum atomic E-state index is 4.76. The van der Waals surface area contributed by atoms with Crippen LogP contribution in [0.4, 0.5) is 0 Å². The van der Waals surface area contributed by atoms with Crippen LogP contribution >= 0.6 is 0 Å². The summed E-state index contributed by atoms with van der Waals surface area (Å²) in [6.07, 6.45) is 1.91. The van der Waals surface area contributed by atoms with Crippen molar-refractivity contribution in [2.45, 2.75) is 20.8 Å². The topological polar surface area (TPSA) is 12.9 Å². The summed E-state index contributed by atoms with van der Waals surface area (Å²) in [7, 11) is 0. The van der Waals surface area contributed by atoms with E-state index >= 15 is 0 Å². The first-order chi connectivity index (χ1) is 13.6. The van der Waals surface area contributed by atoms with Gasteiger partial charge in [-0.3, -0.25) is 4.98 Å². The zero-order valence-corrected chi connectivity index (χ0v) is 16.5. The molecule has 2 heterocycles. The second kappa shape index (κ2) is 6.49. The van der Waals surface area contributed by atoms with Gasteiger partial charge in [0.15, 0.2) is 0 Å². The lowest BCUT2D eigenvalue weighted by Crippen LogP contribution is -2.51. The van der Waals surface area contributed by atoms with E-state index < -0.39 is 0 Å². The van der Waals surface area contributed by atoms with Gasteiger partial charge in [-0.25, -0.2) is 0 Å². The lowest BCUT2D eigenvalue weighted by Gasteiger charge is -2.18. The molecule has 0 saturated carbocycles. The van der Waals surface area contributed by atoms with Crippen molar-refractivity contribution in [3.8, 4) is 22.4 Å². The van der Waals surface area contributed by atoms with E-state index in [2.05, 4.69) is 93.6 Å². The Morgan fingerprint density at radius 2 is 1.43 bits per heavy atom. The number of fused-ring (bicyclic) bond motifs is 3. The van der Waals surface area contributed by atoms with Gasteiger partial charge in [-0.1, -0.05) is 94.3 Å². The Labute approximate surface area is 167 Å². The number of benzene rings is 3. The Balaban J connectivity index is 1.78. The number of hydrogen-bond acceptors (Lipinski definition) is 1. The molecule has 0 amide bonds. The van der Waals surface area contributed by atoms with Crippen LogP contribution in [0, 0.1) is 20.8 Å². The summed E-state index contributed by atoms with van der Waals surface area (Å²) >= 11 is 0. The van der Waals surface area contributed by atoms with E-state index in [1.807, 2.05) is 6.20 Å². The minimum absolute atomic E-state index is 0.239. The molecule has 0 N–H and O–H groups in total. The average molecular weight is 359 g/mol. The lowest BCUT2D eigenvalue weighted by atomic mass is 9.37. The van der Waals surface area contributed by atoms with E-state index in [0.29, 0.717) is 0 Å². The van der Waals surface area contributed by atoms with E-state index in [9.17, 15) is 0 Å². The number of nitrogens with zero attached hydrogens (tertiary/aromatic N) is 1. The largest absolute Gasteiger partial charge is 0.257 e. The molecule has 0 aliphatic carbocycles. The normalized spacial score (nSPS) is 12.0. The molecule has 5 rings (SSSR count). The molecule has 0 radical (unpaired) electrons. The Hall–Kier alpha value is -3.13. The fourth-order valence-corrected chi connectivity index (χ4v) is 4.83. The molecule has 0 unspecified atom stereocenters. The van der Waals surface area contributed by atoms with E-state index in [4.69, 9.17) is 4.98 Å². The molecule has 2 heteroatoms. The Kier molecular flexibility index (Phi) is 3.94. The summed E-state index contributed by atoms with van der Waals surface area (Å²) in [5.41, 5.74) is 13.0. The van der Waals surface area contributed by atoms with E-state index in [-0.39, 0.29) is 6.71 Å². The quantitative estimate of drug-likeness (QED) is 0.431. The van der Waals surface area contributed by atoms with Crippen molar-refractivity contribution in [3.63, 3.8) is 0 Å². The van der Waals surface area contributed by atoms with Crippen LogP contribution in [-0.2, 0) is 0 Å². The van der Waals surface area contributed by atoms with Crippen molar-refractivity contribution in [3.05, 3.63) is 95.7 Å². The molecular weight excluding hydrogens is 337 g/mol. The Bertz CT molecular complexity index is 1170. The fourth-order valence-electron chi connectivity index (χ4n) is 4.83. The number of aromatic nitrogens is 1. The molecule has 1 aliphatic rings. The molecule has 3 aromatic carbocycles. The van der Waals surface area contributed by atoms with Gasteiger partial charge in [0.2, 0.25) is 6.71 Å². The minimum Gasteiger partial charge on any atom is -0.257 e. The molecule has 0 fully saturated rings. The lowest BCUT2D eigenvalue weighted by molar-refractivity contribution is 1.35. The third-order valence-electron chi connectivity index (χ3n) is 5.90. The molecule has 4 aromatic rings. The highest BCUT2D eigenvalue weighted by Gasteiger charge is 2.36. The Morgan fingerprint density at radius 1 is 0.679 bits per heavy atom. The maximum absolute atomic E-state index is 4.76. The molecule has 28 heavy (non-hydrogen) atoms. The van der Waals surface area contributed by atoms with Crippen molar-refractivity contribution < 1.29 is 0 Å². The Morgan fingerprint density at radius 3 is 2.18 bits per heavy atom. The van der Waals surface area contributed by atoms with Crippen molar-refractivity contribution >= 4 is 23.1 Å². The number of aryl methyl sites for hydroxylation is 3. The standard InChI is InChI=1S/C26H22BN/c1-17-14-18(2)25(19(3)15-17)27-23-10-7-13-28-26(23)22-12-11-21(16-24(22)27)20-8-5-4-6-9-20/h4-16H,1-3H3. The van der Waals surface area contributed by atoms with Crippen molar-refractivity contribution in [2.24, 2.45) is 0 Å². The first-order valence-corrected chi connectivity index (χ1v) is 9.86. The van der Waals surface area contributed by atoms with Crippen LogP contribution in [0.25, 0.3) is 22.4 Å². The van der Waals surface area contributed by atoms with Crippen LogP contribution in [0.15, 0.2) is 79.0 Å². The minimum atomic E-state index is 0.239. The summed E-state index contributed by atoms with van der Waals surface area (Å²) in [6.45, 7) is 6.90. The van der Waals surface area contributed by atoms with Gasteiger partial charge < -0.3 is 0 Å². The molecule has 0 spiro atoms. The zero-order valence-electron chi connectivity index (χ0n) is 16.5. The van der Waals surface area contributed by atoms with Crippen molar-refractivity contribution in [1.29, 1.82) is 0 Å². The molecule has 0 atom stereocenters. The fraction of sp³-hybridized carbons (Fsp3) is 0.115. The smallest absolute Gasteiger partial charge is 0.245 e. The molecular formula is C26H22BN. The zero-order chi connectivity index (χ0) is 19.3. The molecule has 1 nitrogen and oxygen atoms in total. The predicted molar refractivity (Wildman–Crippen MR) is 120 cm³/mol. The summed E-state index contributed by atoms with van der Waals surface area (Å²) in [4.78, 5) is 4.76. The van der Waals surface area contributed by atoms with Gasteiger partial charge in [-0.15, -0.1) is 0 Å². The summed E-state index contributed by atoms with van der Waals surface area (Å²) < 4.78 is 0. The molecule has 0 bridgehead atoms. The highest BCUT2D eigenvalue weighted by Crippen LogP contribution is 2.26. The highest BCUT2D eigenvalue weighted by molar-refractivity contribution is 6.99. The second-order valence-electron chi connectivity index (χ2n) is 7.85. The van der Waals surface area contributed by atoms with Crippen molar-refractivity contribution in [1.82, 2.24) is 4.98 Å². The van der Waals surface area contributed by atoms with Crippen molar-refractivity contribution in [2.75, 3.05) is 0 Å². The van der Waals surface area contributed by atoms with Gasteiger partial charge in [0.1, 0.15) is 0 Å². The van der Waals surface area contributed by atoms with Crippen LogP contribution in [0.1, 0.15) is 16.7 Å². The molecule has 0 saturated heterocycles. The van der Waals surface area contributed by atoms with E-state index in [1.54, 1.807) is 0 Å². The predicted octanol–water partition coefficient (Wildman–Crippen LogP) is 4.17. The monoisotopic (exact) mass is 359 g/mol. The molecule has 1 aromatic heterocycles. The molecule has 134 valence electrons. The third-order valence-corrected chi connectivity index (χ3v) is 5.90. The van der Waals surface area contributed by atoms with Gasteiger partial charge >= 0.3 is 0 Å². The van der Waals surface area contributed by atoms with Crippen LogP contribution in [0.5, 0.6) is 0 Å². The molecule has 1 aliphatic heterocycles. The summed E-state index contributed by atoms with van der Waals surface area (Å²) in [5.74, 6) is 0. The van der Waals surface area contributed by atoms with Gasteiger partial charge in [0.05, 0.1) is 5.69 Å². The first kappa shape index (κ1) is 17.0. The SMILES string of the molecule is Cc1cc(C)c(B2c3cc(-c4ccccc4)ccc3-c3ncccc32)c(C)c1. The van der Waals surface area contributed by atoms with Gasteiger partial charge in [-0.2, -0.15) is 0 Å². The van der Waals surface area contributed by atoms with E-state index in [0.717, 1.165) is 5.69 Å². The average Bonchev–Trinajstić information content (AvgIpc) is 3.02. The van der Waals surface area contributed by atoms with Crippen LogP contribution in [0.2, 0.25) is 0 Å². The first-order valence-electron chi connectivity index (χ1n) is 9.86. The van der Waals surface area contributed by atoms with Crippen LogP contribution in [-0.4, -0.2) is 11.7 Å². The number of rotatable bonds is 2. The summed E-state index contributed by atoms with van der Waals surface area (Å²) in [5, 5.41) is 0.